The molecular weight excluding hydrogens is 168 g/mol. The maximum Gasteiger partial charge on any atom is -0.0473 e. The molecule has 0 aromatic heterocycles. The first-order chi connectivity index (χ1) is 4.83. The van der Waals surface area contributed by atoms with E-state index in [1.54, 1.807) is 6.08 Å². The van der Waals surface area contributed by atoms with Gasteiger partial charge in [0.15, 0.2) is 0 Å². The fraction of sp³-hybridized carbons (Fsp3) is 0.857. The molecule has 14 heavy (non-hydrogen) atoms. The van der Waals surface area contributed by atoms with Gasteiger partial charge in [0.1, 0.15) is 0 Å². The van der Waals surface area contributed by atoms with E-state index in [0.717, 1.165) is 0 Å². The third-order valence-corrected chi connectivity index (χ3v) is 0. The van der Waals surface area contributed by atoms with Gasteiger partial charge in [0.05, 0.1) is 0 Å². The van der Waals surface area contributed by atoms with Crippen molar-refractivity contribution in [3.05, 3.63) is 12.7 Å². The first-order valence-electron chi connectivity index (χ1n) is 4.40. The normalized spacial score (nSPS) is 3.07. The van der Waals surface area contributed by atoms with E-state index in [4.69, 9.17) is 0 Å². The van der Waals surface area contributed by atoms with Crippen LogP contribution in [0.15, 0.2) is 12.7 Å². The van der Waals surface area contributed by atoms with Crippen LogP contribution in [-0.4, -0.2) is 0 Å². The monoisotopic (exact) mass is 210 g/mol. The zero-order valence-corrected chi connectivity index (χ0v) is 8.99. The maximum absolute atomic E-state index is 3.36. The molecule has 0 saturated carbocycles. The Morgan fingerprint density at radius 2 is 0.786 bits per heavy atom. The second kappa shape index (κ2) is 580. The molecule has 0 heterocycles. The van der Waals surface area contributed by atoms with Crippen LogP contribution >= 0.6 is 0 Å². The van der Waals surface area contributed by atoms with E-state index in [1.807, 2.05) is 34.6 Å². The molecule has 0 aromatic rings. The minimum absolute atomic E-state index is 0. The quantitative estimate of drug-likeness (QED) is 0.371. The molecule has 0 aliphatic rings. The number of hydrogen-bond acceptors (Lipinski definition) is 0. The van der Waals surface area contributed by atoms with Crippen LogP contribution in [0.25, 0.3) is 0 Å². The molecule has 0 spiro atoms. The van der Waals surface area contributed by atoms with E-state index in [-0.39, 0.29) is 29.7 Å². The number of hydrogen-bond donors (Lipinski definition) is 0. The molecule has 0 aliphatic heterocycles. The van der Waals surface area contributed by atoms with E-state index in [2.05, 4.69) is 20.4 Å². The van der Waals surface area contributed by atoms with Crippen LogP contribution in [0.1, 0.15) is 84.6 Å². The van der Waals surface area contributed by atoms with Gasteiger partial charge in [-0.15, -0.1) is 6.58 Å². The molecule has 0 bridgehead atoms. The smallest absolute Gasteiger partial charge is 0.0473 e. The largest absolute Gasteiger partial charge is 0.103 e. The summed E-state index contributed by atoms with van der Waals surface area (Å²) in [6.07, 6.45) is 3.00. The Bertz CT molecular complexity index is 14.0. The van der Waals surface area contributed by atoms with Gasteiger partial charge in [0, 0.05) is 0 Å². The first kappa shape index (κ1) is 67.7. The van der Waals surface area contributed by atoms with Crippen molar-refractivity contribution in [3.63, 3.8) is 0 Å². The zero-order valence-electron chi connectivity index (χ0n) is 8.99. The van der Waals surface area contributed by atoms with E-state index in [1.165, 1.54) is 6.42 Å². The molecule has 0 saturated heterocycles. The molecule has 0 unspecified atom stereocenters. The third-order valence-electron chi connectivity index (χ3n) is 0. The van der Waals surface area contributed by atoms with E-state index < -0.39 is 0 Å². The van der Waals surface area contributed by atoms with Crippen molar-refractivity contribution in [2.75, 3.05) is 0 Å². The van der Waals surface area contributed by atoms with Crippen LogP contribution in [0.4, 0.5) is 0 Å². The standard InChI is InChI=1S/C3H8.C3H6.2C2H6.4CH4/c2*1-3-2;2*1-2;;;;/h3H2,1-2H3;3H,1H2,2H3;2*1-2H3;4*1H4. The van der Waals surface area contributed by atoms with Crippen LogP contribution < -0.4 is 0 Å². The fourth-order valence-corrected chi connectivity index (χ4v) is 0. The Kier molecular flexibility index (Phi) is 2800. The molecule has 0 amide bonds. The predicted octanol–water partition coefficient (Wildman–Crippen LogP) is 7.21. The summed E-state index contributed by atoms with van der Waals surface area (Å²) in [5.41, 5.74) is 0. The van der Waals surface area contributed by atoms with Crippen molar-refractivity contribution in [2.24, 2.45) is 0 Å². The van der Waals surface area contributed by atoms with Crippen molar-refractivity contribution < 1.29 is 0 Å². The summed E-state index contributed by atoms with van der Waals surface area (Å²) in [5.74, 6) is 0. The molecule has 0 radical (unpaired) electrons. The molecule has 0 atom stereocenters. The Hall–Kier alpha value is -0.260. The molecule has 0 heteroatoms. The molecule has 0 aromatic carbocycles. The lowest BCUT2D eigenvalue weighted by Crippen LogP contribution is -1.27. The van der Waals surface area contributed by atoms with Crippen LogP contribution in [-0.2, 0) is 0 Å². The van der Waals surface area contributed by atoms with Crippen molar-refractivity contribution in [1.82, 2.24) is 0 Å². The highest BCUT2D eigenvalue weighted by Crippen LogP contribution is 1.56. The van der Waals surface area contributed by atoms with Crippen LogP contribution in [0.3, 0.4) is 0 Å². The number of rotatable bonds is 0. The van der Waals surface area contributed by atoms with Gasteiger partial charge in [0.2, 0.25) is 0 Å². The summed E-state index contributed by atoms with van der Waals surface area (Å²) in [6.45, 7) is 17.5. The van der Waals surface area contributed by atoms with Gasteiger partial charge in [-0.1, -0.05) is 83.7 Å². The van der Waals surface area contributed by atoms with Gasteiger partial charge in [-0.3, -0.25) is 0 Å². The van der Waals surface area contributed by atoms with E-state index in [9.17, 15) is 0 Å². The van der Waals surface area contributed by atoms with Crippen molar-refractivity contribution >= 4 is 0 Å². The van der Waals surface area contributed by atoms with Gasteiger partial charge < -0.3 is 0 Å². The highest BCUT2D eigenvalue weighted by Gasteiger charge is 1.35. The summed E-state index contributed by atoms with van der Waals surface area (Å²) in [5, 5.41) is 0. The molecule has 0 nitrogen and oxygen atoms in total. The predicted molar refractivity (Wildman–Crippen MR) is 81.5 cm³/mol. The molecule has 0 rings (SSSR count). The van der Waals surface area contributed by atoms with Gasteiger partial charge in [-0.25, -0.2) is 0 Å². The lowest BCUT2D eigenvalue weighted by Gasteiger charge is -1.48. The second-order valence-electron chi connectivity index (χ2n) is 1.12. The SMILES string of the molecule is C.C.C.C.C=CC.CC.CC.CCC. The third kappa shape index (κ3) is 20000. The Labute approximate surface area is 97.8 Å². The zero-order chi connectivity index (χ0) is 9.41. The minimum atomic E-state index is 0. The minimum Gasteiger partial charge on any atom is -0.103 e. The first-order valence-corrected chi connectivity index (χ1v) is 4.40. The lowest BCUT2D eigenvalue weighted by molar-refractivity contribution is 1.09. The van der Waals surface area contributed by atoms with Gasteiger partial charge in [-0.05, 0) is 6.92 Å². The summed E-state index contributed by atoms with van der Waals surface area (Å²) in [4.78, 5) is 0. The highest BCUT2D eigenvalue weighted by atomic mass is 13.4. The van der Waals surface area contributed by atoms with Crippen molar-refractivity contribution in [3.8, 4) is 0 Å². The average molecular weight is 210 g/mol. The van der Waals surface area contributed by atoms with Crippen LogP contribution in [0.2, 0.25) is 0 Å². The average Bonchev–Trinajstić information content (AvgIpc) is 1.99. The topological polar surface area (TPSA) is 0 Å². The fourth-order valence-electron chi connectivity index (χ4n) is 0. The van der Waals surface area contributed by atoms with Crippen LogP contribution in [0.5, 0.6) is 0 Å². The Morgan fingerprint density at radius 1 is 0.786 bits per heavy atom. The summed E-state index contributed by atoms with van der Waals surface area (Å²) < 4.78 is 0. The van der Waals surface area contributed by atoms with Gasteiger partial charge in [0.25, 0.3) is 0 Å². The number of allylic oxidation sites excluding steroid dienone is 1. The molecule has 98 valence electrons. The van der Waals surface area contributed by atoms with Gasteiger partial charge in [-0.2, -0.15) is 0 Å². The molecule has 0 N–H and O–H groups in total. The van der Waals surface area contributed by atoms with Gasteiger partial charge >= 0.3 is 0 Å². The summed E-state index contributed by atoms with van der Waals surface area (Å²) in [7, 11) is 0. The summed E-state index contributed by atoms with van der Waals surface area (Å²) in [6, 6.07) is 0. The molecule has 0 fully saturated rings. The maximum atomic E-state index is 3.36. The highest BCUT2D eigenvalue weighted by molar-refractivity contribution is 4.51. The Balaban J connectivity index is -0.00000000530. The molecule has 0 aliphatic carbocycles. The molecular formula is C14H42. The van der Waals surface area contributed by atoms with Crippen molar-refractivity contribution in [1.29, 1.82) is 0 Å². The second-order valence-corrected chi connectivity index (χ2v) is 1.12. The van der Waals surface area contributed by atoms with Crippen LogP contribution in [0, 0.1) is 0 Å². The van der Waals surface area contributed by atoms with E-state index in [0.29, 0.717) is 0 Å². The summed E-state index contributed by atoms with van der Waals surface area (Å²) >= 11 is 0. The van der Waals surface area contributed by atoms with E-state index >= 15 is 0 Å². The van der Waals surface area contributed by atoms with Crippen molar-refractivity contribution in [2.45, 2.75) is 84.6 Å². The lowest BCUT2D eigenvalue weighted by atomic mass is 10.6. The Morgan fingerprint density at radius 3 is 0.786 bits per heavy atom.